The predicted molar refractivity (Wildman–Crippen MR) is 111 cm³/mol. The van der Waals surface area contributed by atoms with E-state index in [1.54, 1.807) is 18.2 Å². The number of aromatic hydroxyl groups is 1. The molecule has 1 aliphatic carbocycles. The molecular weight excluding hydrogens is 427 g/mol. The lowest BCUT2D eigenvalue weighted by Gasteiger charge is -2.01. The standard InChI is InChI=1S/C11H10O4.C9H8BrF.C2H6/c1-14-11(13)4-7-6-15-10-5-8(12)2-3-9(7)10;10-8-4-5-9(11)7-3-1-2-6(7)8;1-2/h2-3,5-6,12H,4H2,1H3;4-5H,1-3H2;1-2H3. The second kappa shape index (κ2) is 10.3. The van der Waals surface area contributed by atoms with E-state index in [4.69, 9.17) is 4.42 Å². The van der Waals surface area contributed by atoms with Gasteiger partial charge in [-0.1, -0.05) is 29.8 Å². The number of phenols is 1. The van der Waals surface area contributed by atoms with Gasteiger partial charge in [-0.05, 0) is 54.7 Å². The molecule has 2 aromatic carbocycles. The molecule has 0 saturated carbocycles. The summed E-state index contributed by atoms with van der Waals surface area (Å²) in [6.07, 6.45) is 4.69. The van der Waals surface area contributed by atoms with Crippen molar-refractivity contribution in [3.05, 3.63) is 63.6 Å². The van der Waals surface area contributed by atoms with E-state index < -0.39 is 0 Å². The summed E-state index contributed by atoms with van der Waals surface area (Å²) in [6, 6.07) is 8.11. The van der Waals surface area contributed by atoms with Crippen molar-refractivity contribution < 1.29 is 23.4 Å². The van der Waals surface area contributed by atoms with Crippen LogP contribution in [0.4, 0.5) is 4.39 Å². The van der Waals surface area contributed by atoms with Crippen molar-refractivity contribution in [2.45, 2.75) is 39.5 Å². The van der Waals surface area contributed by atoms with E-state index >= 15 is 0 Å². The van der Waals surface area contributed by atoms with E-state index in [-0.39, 0.29) is 24.0 Å². The average molecular weight is 451 g/mol. The summed E-state index contributed by atoms with van der Waals surface area (Å²) in [5.74, 6) is -0.215. The zero-order valence-electron chi connectivity index (χ0n) is 16.2. The Morgan fingerprint density at radius 2 is 1.93 bits per heavy atom. The smallest absolute Gasteiger partial charge is 0.310 e. The summed E-state index contributed by atoms with van der Waals surface area (Å²) in [5.41, 5.74) is 3.41. The monoisotopic (exact) mass is 450 g/mol. The molecule has 150 valence electrons. The highest BCUT2D eigenvalue weighted by Crippen LogP contribution is 2.30. The highest BCUT2D eigenvalue weighted by molar-refractivity contribution is 9.10. The Morgan fingerprint density at radius 3 is 2.61 bits per heavy atom. The number of carbonyl (C=O) groups excluding carboxylic acids is 1. The van der Waals surface area contributed by atoms with Gasteiger partial charge in [0.2, 0.25) is 0 Å². The number of rotatable bonds is 2. The van der Waals surface area contributed by atoms with Gasteiger partial charge in [0.05, 0.1) is 19.8 Å². The molecule has 0 fully saturated rings. The van der Waals surface area contributed by atoms with Crippen LogP contribution in [-0.2, 0) is 28.8 Å². The molecule has 4 rings (SSSR count). The lowest BCUT2D eigenvalue weighted by molar-refractivity contribution is -0.139. The highest BCUT2D eigenvalue weighted by atomic mass is 79.9. The zero-order valence-corrected chi connectivity index (χ0v) is 17.8. The van der Waals surface area contributed by atoms with Crippen molar-refractivity contribution in [2.24, 2.45) is 0 Å². The summed E-state index contributed by atoms with van der Waals surface area (Å²) in [6.45, 7) is 4.00. The van der Waals surface area contributed by atoms with E-state index in [1.807, 2.05) is 13.8 Å². The van der Waals surface area contributed by atoms with Gasteiger partial charge < -0.3 is 14.3 Å². The number of hydrogen-bond donors (Lipinski definition) is 1. The molecule has 28 heavy (non-hydrogen) atoms. The lowest BCUT2D eigenvalue weighted by Crippen LogP contribution is -2.03. The fourth-order valence-corrected chi connectivity index (χ4v) is 3.62. The predicted octanol–water partition coefficient (Wildman–Crippen LogP) is 5.96. The molecule has 0 spiro atoms. The number of fused-ring (bicyclic) bond motifs is 2. The fraction of sp³-hybridized carbons (Fsp3) is 0.318. The van der Waals surface area contributed by atoms with E-state index in [9.17, 15) is 14.3 Å². The molecule has 6 heteroatoms. The molecule has 1 heterocycles. The number of halogens is 2. The van der Waals surface area contributed by atoms with E-state index in [0.29, 0.717) is 5.58 Å². The normalized spacial score (nSPS) is 11.8. The minimum atomic E-state index is -0.314. The van der Waals surface area contributed by atoms with Crippen LogP contribution in [0.3, 0.4) is 0 Å². The van der Waals surface area contributed by atoms with E-state index in [1.165, 1.54) is 31.1 Å². The number of phenolic OH excluding ortho intramolecular Hbond substituents is 1. The van der Waals surface area contributed by atoms with Gasteiger partial charge in [-0.2, -0.15) is 0 Å². The lowest BCUT2D eigenvalue weighted by atomic mass is 10.1. The maximum atomic E-state index is 13.0. The number of carbonyl (C=O) groups is 1. The van der Waals surface area contributed by atoms with E-state index in [0.717, 1.165) is 40.2 Å². The molecule has 1 aromatic heterocycles. The SMILES string of the molecule is CC.COC(=O)Cc1coc2cc(O)ccc12.Fc1ccc(Br)c2c1CCC2. The van der Waals surface area contributed by atoms with Crippen molar-refractivity contribution in [1.29, 1.82) is 0 Å². The van der Waals surface area contributed by atoms with Gasteiger partial charge in [-0.25, -0.2) is 4.39 Å². The summed E-state index contributed by atoms with van der Waals surface area (Å²) < 4.78 is 23.9. The first-order valence-corrected chi connectivity index (χ1v) is 10.0. The Morgan fingerprint density at radius 1 is 1.21 bits per heavy atom. The van der Waals surface area contributed by atoms with Crippen LogP contribution >= 0.6 is 15.9 Å². The third kappa shape index (κ3) is 5.13. The van der Waals surface area contributed by atoms with E-state index in [2.05, 4.69) is 20.7 Å². The van der Waals surface area contributed by atoms with Crippen LogP contribution in [0.5, 0.6) is 5.75 Å². The van der Waals surface area contributed by atoms with Crippen LogP contribution < -0.4 is 0 Å². The van der Waals surface area contributed by atoms with Crippen molar-refractivity contribution in [1.82, 2.24) is 0 Å². The third-order valence-electron chi connectivity index (χ3n) is 4.37. The fourth-order valence-electron chi connectivity index (χ4n) is 3.05. The number of benzene rings is 2. The number of furan rings is 1. The van der Waals surface area contributed by atoms with Crippen molar-refractivity contribution >= 4 is 32.9 Å². The summed E-state index contributed by atoms with van der Waals surface area (Å²) in [4.78, 5) is 11.1. The molecule has 0 unspecified atom stereocenters. The van der Waals surface area contributed by atoms with Gasteiger partial charge in [0.1, 0.15) is 17.1 Å². The van der Waals surface area contributed by atoms with Crippen molar-refractivity contribution in [3.63, 3.8) is 0 Å². The molecule has 0 atom stereocenters. The van der Waals surface area contributed by atoms with Crippen LogP contribution in [0.15, 0.2) is 45.5 Å². The van der Waals surface area contributed by atoms with Crippen LogP contribution in [0.2, 0.25) is 0 Å². The van der Waals surface area contributed by atoms with Crippen LogP contribution in [0.1, 0.15) is 37.0 Å². The van der Waals surface area contributed by atoms with Gasteiger partial charge in [0.25, 0.3) is 0 Å². The number of hydrogen-bond acceptors (Lipinski definition) is 4. The largest absolute Gasteiger partial charge is 0.508 e. The molecule has 0 radical (unpaired) electrons. The molecule has 1 N–H and O–H groups in total. The third-order valence-corrected chi connectivity index (χ3v) is 5.12. The summed E-state index contributed by atoms with van der Waals surface area (Å²) >= 11 is 3.41. The molecule has 0 aliphatic heterocycles. The molecule has 0 bridgehead atoms. The number of ether oxygens (including phenoxy) is 1. The number of methoxy groups -OCH3 is 1. The quantitative estimate of drug-likeness (QED) is 0.489. The first-order valence-electron chi connectivity index (χ1n) is 9.21. The zero-order chi connectivity index (χ0) is 20.7. The molecule has 4 nitrogen and oxygen atoms in total. The summed E-state index contributed by atoms with van der Waals surface area (Å²) in [5, 5.41) is 10.0. The molecule has 1 aliphatic rings. The first kappa shape index (κ1) is 22.0. The average Bonchev–Trinajstić information content (AvgIpc) is 3.35. The van der Waals surface area contributed by atoms with Gasteiger partial charge >= 0.3 is 5.97 Å². The van der Waals surface area contributed by atoms with Gasteiger partial charge in [0, 0.05) is 21.5 Å². The van der Waals surface area contributed by atoms with Gasteiger partial charge in [-0.3, -0.25) is 4.79 Å². The number of esters is 1. The topological polar surface area (TPSA) is 59.7 Å². The molecule has 0 saturated heterocycles. The summed E-state index contributed by atoms with van der Waals surface area (Å²) in [7, 11) is 1.34. The molecular formula is C22H24BrFO4. The second-order valence-corrected chi connectivity index (χ2v) is 6.89. The molecule has 0 amide bonds. The second-order valence-electron chi connectivity index (χ2n) is 6.03. The first-order chi connectivity index (χ1) is 13.5. The van der Waals surface area contributed by atoms with Crippen molar-refractivity contribution in [2.75, 3.05) is 7.11 Å². The van der Waals surface area contributed by atoms with Gasteiger partial charge in [-0.15, -0.1) is 0 Å². The minimum absolute atomic E-state index is 0.0410. The maximum absolute atomic E-state index is 13.0. The maximum Gasteiger partial charge on any atom is 0.310 e. The van der Waals surface area contributed by atoms with Crippen LogP contribution in [-0.4, -0.2) is 18.2 Å². The Bertz CT molecular complexity index is 920. The molecule has 3 aromatic rings. The minimum Gasteiger partial charge on any atom is -0.508 e. The Kier molecular flexibility index (Phi) is 8.05. The van der Waals surface area contributed by atoms with Gasteiger partial charge in [0.15, 0.2) is 0 Å². The Labute approximate surface area is 172 Å². The highest BCUT2D eigenvalue weighted by Gasteiger charge is 2.17. The van der Waals surface area contributed by atoms with Crippen molar-refractivity contribution in [3.8, 4) is 5.75 Å². The van der Waals surface area contributed by atoms with Crippen LogP contribution in [0, 0.1) is 5.82 Å². The Hall–Kier alpha value is -2.34. The Balaban J connectivity index is 0.000000191. The van der Waals surface area contributed by atoms with Crippen LogP contribution in [0.25, 0.3) is 11.0 Å².